The molecule has 0 saturated carbocycles. The number of furan rings is 1. The minimum absolute atomic E-state index is 0.0769. The number of ether oxygens (including phenoxy) is 2. The molecule has 0 spiro atoms. The summed E-state index contributed by atoms with van der Waals surface area (Å²) >= 11 is 5.80. The average molecular weight is 383 g/mol. The summed E-state index contributed by atoms with van der Waals surface area (Å²) in [6.07, 6.45) is 0. The highest BCUT2D eigenvalue weighted by molar-refractivity contribution is 6.30. The molecule has 0 aliphatic heterocycles. The smallest absolute Gasteiger partial charge is 0.264 e. The van der Waals surface area contributed by atoms with Crippen molar-refractivity contribution in [2.75, 3.05) is 19.0 Å². The molecular weight excluding hydrogens is 368 g/mol. The molecule has 0 aliphatic carbocycles. The number of hydrogen-bond donors (Lipinski definition) is 1. The summed E-state index contributed by atoms with van der Waals surface area (Å²) < 4.78 is 16.1. The molecule has 1 aromatic heterocycles. The normalized spacial score (nSPS) is 10.1. The van der Waals surface area contributed by atoms with Crippen LogP contribution in [0.3, 0.4) is 0 Å². The molecule has 2 aromatic carbocycles. The fourth-order valence-electron chi connectivity index (χ4n) is 2.31. The van der Waals surface area contributed by atoms with Crippen molar-refractivity contribution in [3.05, 3.63) is 65.2 Å². The number of benzene rings is 2. The Morgan fingerprint density at radius 2 is 1.81 bits per heavy atom. The second-order valence-corrected chi connectivity index (χ2v) is 5.92. The highest BCUT2D eigenvalue weighted by Crippen LogP contribution is 2.30. The highest BCUT2D eigenvalue weighted by Gasteiger charge is 2.15. The van der Waals surface area contributed by atoms with Crippen molar-refractivity contribution in [1.29, 1.82) is 5.26 Å². The van der Waals surface area contributed by atoms with Crippen LogP contribution in [-0.2, 0) is 4.79 Å². The molecule has 0 bridgehead atoms. The number of nitriles is 1. The maximum Gasteiger partial charge on any atom is 0.264 e. The van der Waals surface area contributed by atoms with E-state index in [1.165, 1.54) is 0 Å². The van der Waals surface area contributed by atoms with Gasteiger partial charge in [-0.25, -0.2) is 0 Å². The van der Waals surface area contributed by atoms with Crippen molar-refractivity contribution < 1.29 is 18.7 Å². The first-order valence-electron chi connectivity index (χ1n) is 7.95. The lowest BCUT2D eigenvalue weighted by molar-refractivity contribution is -0.118. The molecule has 0 radical (unpaired) electrons. The summed E-state index contributed by atoms with van der Waals surface area (Å²) in [5.74, 6) is 1.31. The molecule has 136 valence electrons. The van der Waals surface area contributed by atoms with E-state index in [0.29, 0.717) is 22.3 Å². The van der Waals surface area contributed by atoms with Crippen molar-refractivity contribution in [1.82, 2.24) is 0 Å². The second-order valence-electron chi connectivity index (χ2n) is 5.48. The van der Waals surface area contributed by atoms with Gasteiger partial charge in [-0.1, -0.05) is 11.6 Å². The fourth-order valence-corrected chi connectivity index (χ4v) is 2.43. The van der Waals surface area contributed by atoms with Gasteiger partial charge in [0.1, 0.15) is 28.9 Å². The van der Waals surface area contributed by atoms with Gasteiger partial charge in [0, 0.05) is 16.7 Å². The van der Waals surface area contributed by atoms with Crippen molar-refractivity contribution >= 4 is 23.4 Å². The van der Waals surface area contributed by atoms with Gasteiger partial charge in [0.2, 0.25) is 5.88 Å². The highest BCUT2D eigenvalue weighted by atomic mass is 35.5. The van der Waals surface area contributed by atoms with Crippen LogP contribution in [0.15, 0.2) is 59.0 Å². The maximum absolute atomic E-state index is 12.1. The van der Waals surface area contributed by atoms with Crippen molar-refractivity contribution in [2.45, 2.75) is 0 Å². The number of anilines is 1. The van der Waals surface area contributed by atoms with E-state index in [1.807, 2.05) is 6.07 Å². The molecule has 3 aromatic rings. The zero-order valence-corrected chi connectivity index (χ0v) is 15.1. The fraction of sp³-hybridized carbons (Fsp3) is 0.100. The minimum atomic E-state index is -0.447. The van der Waals surface area contributed by atoms with Crippen molar-refractivity contribution in [3.8, 4) is 28.9 Å². The molecule has 1 amide bonds. The third kappa shape index (κ3) is 4.60. The topological polar surface area (TPSA) is 84.5 Å². The lowest BCUT2D eigenvalue weighted by atomic mass is 10.1. The number of nitrogens with one attached hydrogen (secondary N) is 1. The SMILES string of the molecule is COc1ccc(-c2cc(C#N)c(NC(=O)COc3ccc(Cl)cc3)o2)cc1. The lowest BCUT2D eigenvalue weighted by Crippen LogP contribution is -2.20. The predicted molar refractivity (Wildman–Crippen MR) is 101 cm³/mol. The summed E-state index contributed by atoms with van der Waals surface area (Å²) in [6, 6.07) is 17.4. The number of amides is 1. The summed E-state index contributed by atoms with van der Waals surface area (Å²) in [7, 11) is 1.58. The van der Waals surface area contributed by atoms with Crippen LogP contribution < -0.4 is 14.8 Å². The van der Waals surface area contributed by atoms with E-state index < -0.39 is 5.91 Å². The molecule has 0 aliphatic rings. The van der Waals surface area contributed by atoms with E-state index in [0.717, 1.165) is 5.56 Å². The molecular formula is C20H15ClN2O4. The number of halogens is 1. The van der Waals surface area contributed by atoms with E-state index in [-0.39, 0.29) is 18.1 Å². The molecule has 1 N–H and O–H groups in total. The van der Waals surface area contributed by atoms with Gasteiger partial charge in [-0.2, -0.15) is 5.26 Å². The monoisotopic (exact) mass is 382 g/mol. The molecule has 1 heterocycles. The van der Waals surface area contributed by atoms with Gasteiger partial charge in [0.05, 0.1) is 7.11 Å². The van der Waals surface area contributed by atoms with Crippen molar-refractivity contribution in [3.63, 3.8) is 0 Å². The molecule has 0 fully saturated rings. The zero-order chi connectivity index (χ0) is 19.2. The van der Waals surface area contributed by atoms with Gasteiger partial charge in [0.15, 0.2) is 6.61 Å². The zero-order valence-electron chi connectivity index (χ0n) is 14.4. The second kappa shape index (κ2) is 8.30. The van der Waals surface area contributed by atoms with Crippen LogP contribution >= 0.6 is 11.6 Å². The first-order chi connectivity index (χ1) is 13.1. The summed E-state index contributed by atoms with van der Waals surface area (Å²) in [4.78, 5) is 12.1. The van der Waals surface area contributed by atoms with Gasteiger partial charge < -0.3 is 13.9 Å². The Labute approximate surface area is 160 Å². The molecule has 6 nitrogen and oxygen atoms in total. The Kier molecular flexibility index (Phi) is 5.64. The lowest BCUT2D eigenvalue weighted by Gasteiger charge is -2.06. The van der Waals surface area contributed by atoms with Crippen LogP contribution in [0.4, 0.5) is 5.88 Å². The Morgan fingerprint density at radius 1 is 1.15 bits per heavy atom. The van der Waals surface area contributed by atoms with Crippen LogP contribution in [0.25, 0.3) is 11.3 Å². The minimum Gasteiger partial charge on any atom is -0.497 e. The van der Waals surface area contributed by atoms with E-state index >= 15 is 0 Å². The third-order valence-electron chi connectivity index (χ3n) is 3.66. The molecule has 7 heteroatoms. The Bertz CT molecular complexity index is 973. The first kappa shape index (κ1) is 18.4. The number of carbonyl (C=O) groups is 1. The van der Waals surface area contributed by atoms with Gasteiger partial charge in [-0.3, -0.25) is 10.1 Å². The quantitative estimate of drug-likeness (QED) is 0.678. The number of hydrogen-bond acceptors (Lipinski definition) is 5. The maximum atomic E-state index is 12.1. The van der Waals surface area contributed by atoms with E-state index in [1.54, 1.807) is 61.7 Å². The Hall–Kier alpha value is -3.43. The van der Waals surface area contributed by atoms with Crippen LogP contribution in [0.2, 0.25) is 5.02 Å². The molecule has 0 unspecified atom stereocenters. The van der Waals surface area contributed by atoms with Gasteiger partial charge in [-0.15, -0.1) is 0 Å². The molecule has 0 saturated heterocycles. The molecule has 0 atom stereocenters. The van der Waals surface area contributed by atoms with Crippen LogP contribution in [0.1, 0.15) is 5.56 Å². The van der Waals surface area contributed by atoms with E-state index in [2.05, 4.69) is 5.32 Å². The van der Waals surface area contributed by atoms with Gasteiger partial charge in [0.25, 0.3) is 5.91 Å². The average Bonchev–Trinajstić information content (AvgIpc) is 3.10. The summed E-state index contributed by atoms with van der Waals surface area (Å²) in [5, 5.41) is 12.4. The predicted octanol–water partition coefficient (Wildman–Crippen LogP) is 4.50. The van der Waals surface area contributed by atoms with Crippen LogP contribution in [-0.4, -0.2) is 19.6 Å². The first-order valence-corrected chi connectivity index (χ1v) is 8.33. The van der Waals surface area contributed by atoms with Gasteiger partial charge >= 0.3 is 0 Å². The summed E-state index contributed by atoms with van der Waals surface area (Å²) in [6.45, 7) is -0.231. The van der Waals surface area contributed by atoms with Crippen LogP contribution in [0.5, 0.6) is 11.5 Å². The standard InChI is InChI=1S/C20H15ClN2O4/c1-25-16-6-2-13(3-7-16)18-10-14(11-22)20(27-18)23-19(24)12-26-17-8-4-15(21)5-9-17/h2-10H,12H2,1H3,(H,23,24). The largest absolute Gasteiger partial charge is 0.497 e. The summed E-state index contributed by atoms with van der Waals surface area (Å²) in [5.41, 5.74) is 0.978. The van der Waals surface area contributed by atoms with E-state index in [9.17, 15) is 10.1 Å². The number of nitrogens with zero attached hydrogens (tertiary/aromatic N) is 1. The molecule has 3 rings (SSSR count). The Morgan fingerprint density at radius 3 is 2.44 bits per heavy atom. The number of methoxy groups -OCH3 is 1. The number of rotatable bonds is 6. The van der Waals surface area contributed by atoms with Gasteiger partial charge in [-0.05, 0) is 48.5 Å². The van der Waals surface area contributed by atoms with E-state index in [4.69, 9.17) is 25.5 Å². The number of carbonyl (C=O) groups excluding carboxylic acids is 1. The van der Waals surface area contributed by atoms with Crippen LogP contribution in [0, 0.1) is 11.3 Å². The third-order valence-corrected chi connectivity index (χ3v) is 3.92. The molecule has 27 heavy (non-hydrogen) atoms. The Balaban J connectivity index is 1.68. The van der Waals surface area contributed by atoms with Crippen molar-refractivity contribution in [2.24, 2.45) is 0 Å².